The molecule has 0 saturated carbocycles. The molecule has 1 aromatic heterocycles. The van der Waals surface area contributed by atoms with Gasteiger partial charge >= 0.3 is 0 Å². The van der Waals surface area contributed by atoms with Gasteiger partial charge in [0.05, 0.1) is 13.4 Å². The van der Waals surface area contributed by atoms with Gasteiger partial charge in [-0.25, -0.2) is 4.98 Å². The summed E-state index contributed by atoms with van der Waals surface area (Å²) < 4.78 is 5.07. The van der Waals surface area contributed by atoms with Crippen LogP contribution in [0, 0.1) is 5.41 Å². The van der Waals surface area contributed by atoms with Crippen LogP contribution < -0.4 is 20.9 Å². The number of nitrogens with two attached hydrogens (primary N) is 1. The minimum absolute atomic E-state index is 0.0515. The lowest BCUT2D eigenvalue weighted by molar-refractivity contribution is 0.376. The van der Waals surface area contributed by atoms with E-state index >= 15 is 0 Å². The van der Waals surface area contributed by atoms with Gasteiger partial charge in [0.2, 0.25) is 5.75 Å². The summed E-state index contributed by atoms with van der Waals surface area (Å²) in [6.07, 6.45) is 1.37. The minimum atomic E-state index is -0.282. The number of hydrogen-bond donors (Lipinski definition) is 2. The number of H-pyrrole nitrogens is 1. The first kappa shape index (κ1) is 13.5. The fourth-order valence-corrected chi connectivity index (χ4v) is 1.62. The lowest BCUT2D eigenvalue weighted by atomic mass is 9.93. The predicted octanol–water partition coefficient (Wildman–Crippen LogP) is 0.200. The largest absolute Gasteiger partial charge is 0.489 e. The van der Waals surface area contributed by atoms with Gasteiger partial charge in [-0.15, -0.1) is 0 Å². The lowest BCUT2D eigenvalue weighted by Crippen LogP contribution is -2.37. The van der Waals surface area contributed by atoms with E-state index in [1.807, 2.05) is 11.9 Å². The van der Waals surface area contributed by atoms with Gasteiger partial charge in [0.15, 0.2) is 5.82 Å². The van der Waals surface area contributed by atoms with Crippen LogP contribution in [0.3, 0.4) is 0 Å². The number of aromatic amines is 1. The Balaban J connectivity index is 3.00. The van der Waals surface area contributed by atoms with E-state index in [0.29, 0.717) is 18.9 Å². The Bertz CT molecular complexity index is 428. The normalized spacial score (nSPS) is 11.4. The number of ether oxygens (including phenoxy) is 1. The highest BCUT2D eigenvalue weighted by molar-refractivity contribution is 5.50. The standard InChI is InChI=1S/C11H20N4O2/c1-11(2,5-12)6-15(3)9-8(17-4)10(16)14-7-13-9/h7H,5-6,12H2,1-4H3,(H,13,14,16). The van der Waals surface area contributed by atoms with Gasteiger partial charge < -0.3 is 20.4 Å². The quantitative estimate of drug-likeness (QED) is 0.768. The molecule has 1 heterocycles. The smallest absolute Gasteiger partial charge is 0.295 e. The van der Waals surface area contributed by atoms with Crippen molar-refractivity contribution in [1.29, 1.82) is 0 Å². The molecule has 0 bridgehead atoms. The minimum Gasteiger partial charge on any atom is -0.489 e. The number of nitrogens with zero attached hydrogens (tertiary/aromatic N) is 2. The Morgan fingerprint density at radius 3 is 2.76 bits per heavy atom. The van der Waals surface area contributed by atoms with Crippen molar-refractivity contribution in [3.63, 3.8) is 0 Å². The van der Waals surface area contributed by atoms with Crippen LogP contribution in [0.2, 0.25) is 0 Å². The van der Waals surface area contributed by atoms with Gasteiger partial charge in [-0.3, -0.25) is 4.79 Å². The zero-order valence-electron chi connectivity index (χ0n) is 10.8. The van der Waals surface area contributed by atoms with Crippen molar-refractivity contribution in [2.45, 2.75) is 13.8 Å². The van der Waals surface area contributed by atoms with Crippen LogP contribution >= 0.6 is 0 Å². The molecule has 0 spiro atoms. The molecule has 0 aromatic carbocycles. The van der Waals surface area contributed by atoms with Crippen molar-refractivity contribution in [3.05, 3.63) is 16.7 Å². The lowest BCUT2D eigenvalue weighted by Gasteiger charge is -2.30. The molecule has 0 fully saturated rings. The molecule has 1 aromatic rings. The first-order chi connectivity index (χ1) is 7.91. The van der Waals surface area contributed by atoms with Gasteiger partial charge in [-0.05, 0) is 12.0 Å². The number of methoxy groups -OCH3 is 1. The first-order valence-corrected chi connectivity index (χ1v) is 5.44. The highest BCUT2D eigenvalue weighted by atomic mass is 16.5. The van der Waals surface area contributed by atoms with Crippen LogP contribution in [0.5, 0.6) is 5.75 Å². The van der Waals surface area contributed by atoms with Crippen molar-refractivity contribution < 1.29 is 4.74 Å². The molecule has 3 N–H and O–H groups in total. The maximum Gasteiger partial charge on any atom is 0.295 e. The highest BCUT2D eigenvalue weighted by Crippen LogP contribution is 2.23. The molecule has 0 saturated heterocycles. The van der Waals surface area contributed by atoms with Crippen LogP contribution in [0.25, 0.3) is 0 Å². The summed E-state index contributed by atoms with van der Waals surface area (Å²) in [5.41, 5.74) is 5.35. The monoisotopic (exact) mass is 240 g/mol. The van der Waals surface area contributed by atoms with E-state index in [1.165, 1.54) is 13.4 Å². The molecule has 96 valence electrons. The van der Waals surface area contributed by atoms with Gasteiger partial charge in [0.1, 0.15) is 0 Å². The molecule has 0 aliphatic carbocycles. The van der Waals surface area contributed by atoms with Crippen LogP contribution in [0.4, 0.5) is 5.82 Å². The number of anilines is 1. The zero-order valence-corrected chi connectivity index (χ0v) is 10.8. The van der Waals surface area contributed by atoms with Crippen molar-refractivity contribution in [2.24, 2.45) is 11.1 Å². The zero-order chi connectivity index (χ0) is 13.1. The maximum absolute atomic E-state index is 11.5. The molecular weight excluding hydrogens is 220 g/mol. The Hall–Kier alpha value is -1.56. The topological polar surface area (TPSA) is 84.2 Å². The molecule has 1 rings (SSSR count). The van der Waals surface area contributed by atoms with Gasteiger partial charge in [-0.1, -0.05) is 13.8 Å². The summed E-state index contributed by atoms with van der Waals surface area (Å²) in [6, 6.07) is 0. The molecule has 0 amide bonds. The van der Waals surface area contributed by atoms with Gasteiger partial charge in [0, 0.05) is 13.6 Å². The average Bonchev–Trinajstić information content (AvgIpc) is 2.28. The van der Waals surface area contributed by atoms with Gasteiger partial charge in [-0.2, -0.15) is 0 Å². The van der Waals surface area contributed by atoms with Crippen LogP contribution in [0.15, 0.2) is 11.1 Å². The second-order valence-electron chi connectivity index (χ2n) is 4.81. The summed E-state index contributed by atoms with van der Waals surface area (Å²) in [6.45, 7) is 5.37. The third-order valence-electron chi connectivity index (χ3n) is 2.58. The molecular formula is C11H20N4O2. The highest BCUT2D eigenvalue weighted by Gasteiger charge is 2.21. The molecule has 0 atom stereocenters. The molecule has 0 aliphatic rings. The molecule has 0 unspecified atom stereocenters. The van der Waals surface area contributed by atoms with E-state index in [2.05, 4.69) is 23.8 Å². The fourth-order valence-electron chi connectivity index (χ4n) is 1.62. The Labute approximate surface area is 101 Å². The van der Waals surface area contributed by atoms with E-state index in [-0.39, 0.29) is 16.7 Å². The first-order valence-electron chi connectivity index (χ1n) is 5.44. The predicted molar refractivity (Wildman–Crippen MR) is 67.5 cm³/mol. The van der Waals surface area contributed by atoms with Crippen LogP contribution in [0.1, 0.15) is 13.8 Å². The Kier molecular flexibility index (Phi) is 4.11. The summed E-state index contributed by atoms with van der Waals surface area (Å²) in [7, 11) is 3.32. The number of rotatable bonds is 5. The van der Waals surface area contributed by atoms with E-state index in [0.717, 1.165) is 0 Å². The number of hydrogen-bond acceptors (Lipinski definition) is 5. The van der Waals surface area contributed by atoms with E-state index < -0.39 is 0 Å². The summed E-state index contributed by atoms with van der Waals surface area (Å²) in [5.74, 6) is 0.751. The Morgan fingerprint density at radius 2 is 2.24 bits per heavy atom. The third kappa shape index (κ3) is 3.20. The van der Waals surface area contributed by atoms with Crippen molar-refractivity contribution in [2.75, 3.05) is 32.1 Å². The summed E-state index contributed by atoms with van der Waals surface area (Å²) >= 11 is 0. The van der Waals surface area contributed by atoms with Crippen molar-refractivity contribution in [1.82, 2.24) is 9.97 Å². The maximum atomic E-state index is 11.5. The van der Waals surface area contributed by atoms with E-state index in [4.69, 9.17) is 10.5 Å². The Morgan fingerprint density at radius 1 is 1.59 bits per heavy atom. The van der Waals surface area contributed by atoms with Crippen LogP contribution in [-0.4, -0.2) is 37.2 Å². The fraction of sp³-hybridized carbons (Fsp3) is 0.636. The molecule has 0 aliphatic heterocycles. The van der Waals surface area contributed by atoms with E-state index in [9.17, 15) is 4.79 Å². The summed E-state index contributed by atoms with van der Waals surface area (Å²) in [4.78, 5) is 20.0. The van der Waals surface area contributed by atoms with Crippen molar-refractivity contribution in [3.8, 4) is 5.75 Å². The molecule has 6 heteroatoms. The number of nitrogens with one attached hydrogen (secondary N) is 1. The summed E-state index contributed by atoms with van der Waals surface area (Å²) in [5, 5.41) is 0. The third-order valence-corrected chi connectivity index (χ3v) is 2.58. The molecule has 0 radical (unpaired) electrons. The number of aromatic nitrogens is 2. The van der Waals surface area contributed by atoms with E-state index in [1.54, 1.807) is 0 Å². The molecule has 6 nitrogen and oxygen atoms in total. The second-order valence-corrected chi connectivity index (χ2v) is 4.81. The SMILES string of the molecule is COc1c(N(C)CC(C)(C)CN)nc[nH]c1=O. The van der Waals surface area contributed by atoms with Gasteiger partial charge in [0.25, 0.3) is 5.56 Å². The average molecular weight is 240 g/mol. The second kappa shape index (κ2) is 5.18. The van der Waals surface area contributed by atoms with Crippen molar-refractivity contribution >= 4 is 5.82 Å². The molecule has 17 heavy (non-hydrogen) atoms. The van der Waals surface area contributed by atoms with Crippen LogP contribution in [-0.2, 0) is 0 Å².